The first kappa shape index (κ1) is 15.5. The van der Waals surface area contributed by atoms with Crippen molar-refractivity contribution in [2.45, 2.75) is 38.6 Å². The van der Waals surface area contributed by atoms with Crippen LogP contribution in [0.15, 0.2) is 0 Å². The van der Waals surface area contributed by atoms with Gasteiger partial charge in [0.2, 0.25) is 0 Å². The topological polar surface area (TPSA) is 31.0 Å². The molecule has 0 N–H and O–H groups in total. The molecule has 2 unspecified atom stereocenters. The predicted octanol–water partition coefficient (Wildman–Crippen LogP) is 2.09. The van der Waals surface area contributed by atoms with E-state index in [1.54, 1.807) is 0 Å². The highest BCUT2D eigenvalue weighted by Gasteiger charge is 2.23. The van der Waals surface area contributed by atoms with Crippen molar-refractivity contribution in [3.8, 4) is 0 Å². The number of ether oxygens (including phenoxy) is 2. The Hall–Kier alpha value is 0.527. The Balaban J connectivity index is 0.00000196. The molecule has 0 aliphatic carbocycles. The molecule has 92 valence electrons. The first-order chi connectivity index (χ1) is 6.64. The molecule has 2 atom stereocenters. The van der Waals surface area contributed by atoms with E-state index in [2.05, 4.69) is 20.0 Å². The summed E-state index contributed by atoms with van der Waals surface area (Å²) in [6.07, 6.45) is 1.51. The Kier molecular flexibility index (Phi) is 8.02. The van der Waals surface area contributed by atoms with Crippen LogP contribution in [0.3, 0.4) is 0 Å². The average molecular weight is 252 g/mol. The minimum absolute atomic E-state index is 0. The van der Waals surface area contributed by atoms with Crippen molar-refractivity contribution < 1.29 is 13.9 Å². The van der Waals surface area contributed by atoms with Gasteiger partial charge in [-0.3, -0.25) is 0 Å². The lowest BCUT2D eigenvalue weighted by Gasteiger charge is -2.21. The normalized spacial score (nSPS) is 19.8. The van der Waals surface area contributed by atoms with Crippen LogP contribution in [-0.2, 0) is 13.9 Å². The Morgan fingerprint density at radius 1 is 1.40 bits per heavy atom. The van der Waals surface area contributed by atoms with Crippen LogP contribution in [-0.4, -0.2) is 40.8 Å². The lowest BCUT2D eigenvalue weighted by molar-refractivity contribution is 0.116. The maximum Gasteiger partial charge on any atom is 0.186 e. The molecule has 3 nitrogen and oxygen atoms in total. The third-order valence-electron chi connectivity index (χ3n) is 2.31. The van der Waals surface area contributed by atoms with Crippen LogP contribution in [0.5, 0.6) is 0 Å². The number of rotatable bonds is 8. The molecule has 0 spiro atoms. The first-order valence-electron chi connectivity index (χ1n) is 5.47. The molecule has 0 aromatic carbocycles. The summed E-state index contributed by atoms with van der Waals surface area (Å²) in [6.45, 7) is 9.95. The monoisotopic (exact) mass is 252 g/mol. The molecule has 0 radical (unpaired) electrons. The van der Waals surface area contributed by atoms with Gasteiger partial charge < -0.3 is 13.9 Å². The molecule has 1 aliphatic heterocycles. The van der Waals surface area contributed by atoms with Crippen LogP contribution < -0.4 is 0 Å². The maximum absolute atomic E-state index is 5.73. The summed E-state index contributed by atoms with van der Waals surface area (Å²) in [5.74, 6) is 0. The van der Waals surface area contributed by atoms with E-state index in [9.17, 15) is 0 Å². The highest BCUT2D eigenvalue weighted by atomic mass is 31.0. The van der Waals surface area contributed by atoms with Gasteiger partial charge in [0.25, 0.3) is 0 Å². The molecule has 5 heteroatoms. The van der Waals surface area contributed by atoms with Gasteiger partial charge in [-0.15, -0.1) is 0 Å². The summed E-state index contributed by atoms with van der Waals surface area (Å²) < 4.78 is 16.3. The highest BCUT2D eigenvalue weighted by molar-refractivity contribution is 6.92. The van der Waals surface area contributed by atoms with Gasteiger partial charge in [0.15, 0.2) is 8.32 Å². The van der Waals surface area contributed by atoms with Gasteiger partial charge in [-0.05, 0) is 32.5 Å². The van der Waals surface area contributed by atoms with Gasteiger partial charge in [0.05, 0.1) is 13.2 Å². The Morgan fingerprint density at radius 3 is 2.60 bits per heavy atom. The van der Waals surface area contributed by atoms with Crippen molar-refractivity contribution in [2.75, 3.05) is 26.4 Å². The summed E-state index contributed by atoms with van der Waals surface area (Å²) in [4.78, 5) is 0. The molecule has 0 amide bonds. The zero-order valence-electron chi connectivity index (χ0n) is 10.3. The summed E-state index contributed by atoms with van der Waals surface area (Å²) in [6, 6.07) is 1.19. The second-order valence-electron chi connectivity index (χ2n) is 4.33. The van der Waals surface area contributed by atoms with Crippen molar-refractivity contribution in [1.29, 1.82) is 0 Å². The molecule has 0 saturated carbocycles. The molecule has 1 fully saturated rings. The van der Waals surface area contributed by atoms with Gasteiger partial charge in [0.1, 0.15) is 6.10 Å². The van der Waals surface area contributed by atoms with Crippen molar-refractivity contribution in [3.05, 3.63) is 0 Å². The third kappa shape index (κ3) is 8.35. The van der Waals surface area contributed by atoms with Crippen LogP contribution in [0.2, 0.25) is 19.1 Å². The molecule has 1 rings (SSSR count). The molecule has 0 bridgehead atoms. The summed E-state index contributed by atoms with van der Waals surface area (Å²) >= 11 is 0. The standard InChI is InChI=1S/C10H22O3Si.H3P/c1-4-13-14(2,3)7-5-6-11-8-10-9-12-10;/h10H,4-9H2,1-3H3;1H3. The van der Waals surface area contributed by atoms with E-state index in [4.69, 9.17) is 13.9 Å². The van der Waals surface area contributed by atoms with Crippen LogP contribution in [0.4, 0.5) is 0 Å². The quantitative estimate of drug-likeness (QED) is 0.287. The van der Waals surface area contributed by atoms with Crippen LogP contribution in [0.1, 0.15) is 13.3 Å². The summed E-state index contributed by atoms with van der Waals surface area (Å²) in [5.41, 5.74) is 0. The molecule has 15 heavy (non-hydrogen) atoms. The summed E-state index contributed by atoms with van der Waals surface area (Å²) in [5, 5.41) is 0. The molecule has 1 aliphatic rings. The highest BCUT2D eigenvalue weighted by Crippen LogP contribution is 2.14. The largest absolute Gasteiger partial charge is 0.418 e. The van der Waals surface area contributed by atoms with E-state index in [0.29, 0.717) is 6.10 Å². The Labute approximate surface area is 97.6 Å². The van der Waals surface area contributed by atoms with Gasteiger partial charge >= 0.3 is 0 Å². The van der Waals surface area contributed by atoms with Gasteiger partial charge in [-0.25, -0.2) is 0 Å². The lowest BCUT2D eigenvalue weighted by Crippen LogP contribution is -2.30. The molecular formula is C10H25O3PSi. The minimum atomic E-state index is -1.38. The van der Waals surface area contributed by atoms with Crippen LogP contribution in [0, 0.1) is 0 Å². The third-order valence-corrected chi connectivity index (χ3v) is 4.94. The number of hydrogen-bond acceptors (Lipinski definition) is 3. The lowest BCUT2D eigenvalue weighted by atomic mass is 10.5. The molecule has 1 saturated heterocycles. The van der Waals surface area contributed by atoms with Crippen molar-refractivity contribution >= 4 is 18.2 Å². The summed E-state index contributed by atoms with van der Waals surface area (Å²) in [7, 11) is -1.38. The van der Waals surface area contributed by atoms with Gasteiger partial charge in [-0.1, -0.05) is 0 Å². The fourth-order valence-electron chi connectivity index (χ4n) is 1.44. The van der Waals surface area contributed by atoms with E-state index in [-0.39, 0.29) is 9.90 Å². The first-order valence-corrected chi connectivity index (χ1v) is 8.59. The van der Waals surface area contributed by atoms with Crippen molar-refractivity contribution in [3.63, 3.8) is 0 Å². The van der Waals surface area contributed by atoms with Crippen molar-refractivity contribution in [1.82, 2.24) is 0 Å². The van der Waals surface area contributed by atoms with E-state index in [1.807, 2.05) is 0 Å². The SMILES string of the molecule is CCO[Si](C)(C)CCCOCC1CO1.P. The van der Waals surface area contributed by atoms with Gasteiger partial charge in [-0.2, -0.15) is 9.90 Å². The molecule has 0 aromatic heterocycles. The van der Waals surface area contributed by atoms with E-state index < -0.39 is 8.32 Å². The molecule has 0 aromatic rings. The van der Waals surface area contributed by atoms with E-state index in [0.717, 1.165) is 32.8 Å². The maximum atomic E-state index is 5.73. The molecular weight excluding hydrogens is 227 g/mol. The second kappa shape index (κ2) is 7.74. The predicted molar refractivity (Wildman–Crippen MR) is 70.2 cm³/mol. The van der Waals surface area contributed by atoms with Crippen molar-refractivity contribution in [2.24, 2.45) is 0 Å². The number of hydrogen-bond donors (Lipinski definition) is 0. The average Bonchev–Trinajstić information content (AvgIpc) is 2.87. The van der Waals surface area contributed by atoms with Gasteiger partial charge in [0, 0.05) is 13.2 Å². The number of epoxide rings is 1. The van der Waals surface area contributed by atoms with Crippen LogP contribution >= 0.6 is 9.90 Å². The van der Waals surface area contributed by atoms with E-state index >= 15 is 0 Å². The minimum Gasteiger partial charge on any atom is -0.418 e. The fraction of sp³-hybridized carbons (Fsp3) is 1.00. The molecule has 1 heterocycles. The Bertz CT molecular complexity index is 163. The second-order valence-corrected chi connectivity index (χ2v) is 8.63. The zero-order chi connectivity index (χ0) is 10.4. The zero-order valence-corrected chi connectivity index (χ0v) is 12.7. The smallest absolute Gasteiger partial charge is 0.186 e. The Morgan fingerprint density at radius 2 is 2.07 bits per heavy atom. The van der Waals surface area contributed by atoms with E-state index in [1.165, 1.54) is 6.04 Å². The van der Waals surface area contributed by atoms with Crippen LogP contribution in [0.25, 0.3) is 0 Å². The fourth-order valence-corrected chi connectivity index (χ4v) is 3.36.